The van der Waals surface area contributed by atoms with Crippen LogP contribution >= 0.6 is 0 Å². The predicted octanol–water partition coefficient (Wildman–Crippen LogP) is 1.84. The van der Waals surface area contributed by atoms with Crippen molar-refractivity contribution in [2.45, 2.75) is 26.7 Å². The van der Waals surface area contributed by atoms with Crippen LogP contribution in [0.25, 0.3) is 0 Å². The molecule has 0 unspecified atom stereocenters. The van der Waals surface area contributed by atoms with Crippen LogP contribution in [0.2, 0.25) is 0 Å². The van der Waals surface area contributed by atoms with Gasteiger partial charge in [0, 0.05) is 0 Å². The Morgan fingerprint density at radius 3 is 1.20 bits per heavy atom. The molecule has 0 radical (unpaired) electrons. The summed E-state index contributed by atoms with van der Waals surface area (Å²) < 4.78 is 9.89. The largest absolute Gasteiger partial charge is 0.377 e. The lowest BCUT2D eigenvalue weighted by atomic mass is 10.4. The molecule has 0 saturated carbocycles. The summed E-state index contributed by atoms with van der Waals surface area (Å²) in [6, 6.07) is 0. The highest BCUT2D eigenvalue weighted by molar-refractivity contribution is 4.37. The quantitative estimate of drug-likeness (QED) is 0.562. The third-order valence-corrected chi connectivity index (χ3v) is 1.24. The van der Waals surface area contributed by atoms with Gasteiger partial charge in [0.25, 0.3) is 0 Å². The molecule has 0 bridgehead atoms. The van der Waals surface area contributed by atoms with Crippen molar-refractivity contribution in [3.8, 4) is 0 Å². The minimum atomic E-state index is 0.778. The highest BCUT2D eigenvalue weighted by Crippen LogP contribution is 1.85. The Labute approximate surface area is 63.5 Å². The second-order valence-electron chi connectivity index (χ2n) is 2.22. The van der Waals surface area contributed by atoms with E-state index in [0.29, 0.717) is 0 Å². The van der Waals surface area contributed by atoms with E-state index in [4.69, 9.17) is 9.47 Å². The van der Waals surface area contributed by atoms with Crippen LogP contribution in [-0.2, 0) is 9.47 Å². The van der Waals surface area contributed by atoms with Gasteiger partial charge in [-0.25, -0.2) is 0 Å². The Kier molecular flexibility index (Phi) is 8.85. The summed E-state index contributed by atoms with van der Waals surface area (Å²) in [5.74, 6) is 0. The minimum Gasteiger partial charge on any atom is -0.377 e. The summed E-state index contributed by atoms with van der Waals surface area (Å²) in [6.07, 6.45) is 2.64. The van der Waals surface area contributed by atoms with Gasteiger partial charge in [0.1, 0.15) is 0 Å². The van der Waals surface area contributed by atoms with Crippen LogP contribution in [-0.4, -0.2) is 26.4 Å². The van der Waals surface area contributed by atoms with Gasteiger partial charge < -0.3 is 9.47 Å². The van der Waals surface area contributed by atoms with Gasteiger partial charge in [-0.2, -0.15) is 0 Å². The zero-order chi connectivity index (χ0) is 7.66. The molecule has 10 heavy (non-hydrogen) atoms. The maximum atomic E-state index is 4.94. The van der Waals surface area contributed by atoms with E-state index in [0.717, 1.165) is 26.4 Å². The van der Waals surface area contributed by atoms with Crippen molar-refractivity contribution >= 4 is 0 Å². The fraction of sp³-hybridized carbons (Fsp3) is 1.00. The fourth-order valence-corrected chi connectivity index (χ4v) is 0.440. The normalized spacial score (nSPS) is 17.4. The fourth-order valence-electron chi connectivity index (χ4n) is 0.440. The molecule has 0 atom stereocenters. The van der Waals surface area contributed by atoms with Crippen molar-refractivity contribution < 1.29 is 9.47 Å². The molecule has 0 aromatic carbocycles. The zero-order valence-electron chi connectivity index (χ0n) is 7.06. The van der Waals surface area contributed by atoms with E-state index in [2.05, 4.69) is 13.8 Å². The van der Waals surface area contributed by atoms with Gasteiger partial charge in [0.2, 0.25) is 0 Å². The highest BCUT2D eigenvalue weighted by atomic mass is 16.6. The lowest BCUT2D eigenvalue weighted by Gasteiger charge is -2.09. The van der Waals surface area contributed by atoms with Crippen LogP contribution < -0.4 is 0 Å². The number of unbranched alkanes of at least 4 members (excludes halogenated alkanes) is 1. The van der Waals surface area contributed by atoms with E-state index >= 15 is 0 Å². The van der Waals surface area contributed by atoms with Crippen molar-refractivity contribution in [2.24, 2.45) is 0 Å². The van der Waals surface area contributed by atoms with Crippen molar-refractivity contribution in [3.05, 3.63) is 0 Å². The monoisotopic (exact) mass is 146 g/mol. The van der Waals surface area contributed by atoms with E-state index in [-0.39, 0.29) is 0 Å². The zero-order valence-corrected chi connectivity index (χ0v) is 7.06. The first-order valence-electron chi connectivity index (χ1n) is 4.07. The lowest BCUT2D eigenvalue weighted by molar-refractivity contribution is -0.0334. The van der Waals surface area contributed by atoms with Crippen LogP contribution in [0.3, 0.4) is 0 Å². The summed E-state index contributed by atoms with van der Waals surface area (Å²) in [7, 11) is 0. The molecule has 1 aliphatic heterocycles. The maximum absolute atomic E-state index is 4.94. The van der Waals surface area contributed by atoms with Crippen LogP contribution in [0.5, 0.6) is 0 Å². The molecule has 0 aliphatic carbocycles. The standard InChI is InChI=1S/C4H8O2.C4H10/c1-2-6-4-3-5-1;1-3-4-2/h1-4H2;3-4H2,1-2H3. The van der Waals surface area contributed by atoms with E-state index in [9.17, 15) is 0 Å². The smallest absolute Gasteiger partial charge is 0.0701 e. The first-order chi connectivity index (χ1) is 4.91. The average Bonchev–Trinajstić information content (AvgIpc) is 2.08. The van der Waals surface area contributed by atoms with Crippen LogP contribution in [0.4, 0.5) is 0 Å². The Morgan fingerprint density at radius 1 is 0.800 bits per heavy atom. The van der Waals surface area contributed by atoms with Gasteiger partial charge in [0.05, 0.1) is 26.4 Å². The molecule has 0 spiro atoms. The van der Waals surface area contributed by atoms with Crippen molar-refractivity contribution in [1.82, 2.24) is 0 Å². The van der Waals surface area contributed by atoms with Crippen LogP contribution in [0.15, 0.2) is 0 Å². The third kappa shape index (κ3) is 7.92. The molecular formula is C8H18O2. The third-order valence-electron chi connectivity index (χ3n) is 1.24. The van der Waals surface area contributed by atoms with Crippen molar-refractivity contribution in [1.29, 1.82) is 0 Å². The SMILES string of the molecule is C1COCCO1.CCCC. The molecule has 0 amide bonds. The molecule has 1 rings (SSSR count). The van der Waals surface area contributed by atoms with E-state index in [1.807, 2.05) is 0 Å². The second kappa shape index (κ2) is 8.92. The molecule has 62 valence electrons. The second-order valence-corrected chi connectivity index (χ2v) is 2.22. The Morgan fingerprint density at radius 2 is 1.10 bits per heavy atom. The minimum absolute atomic E-state index is 0.778. The first-order valence-corrected chi connectivity index (χ1v) is 4.07. The van der Waals surface area contributed by atoms with Crippen LogP contribution in [0, 0.1) is 0 Å². The molecule has 2 heteroatoms. The molecule has 0 aromatic heterocycles. The maximum Gasteiger partial charge on any atom is 0.0701 e. The summed E-state index contributed by atoms with van der Waals surface area (Å²) in [6.45, 7) is 7.47. The molecular weight excluding hydrogens is 128 g/mol. The van der Waals surface area contributed by atoms with Gasteiger partial charge in [-0.3, -0.25) is 0 Å². The summed E-state index contributed by atoms with van der Waals surface area (Å²) in [5.41, 5.74) is 0. The molecule has 1 heterocycles. The molecule has 0 aromatic rings. The van der Waals surface area contributed by atoms with Gasteiger partial charge in [-0.1, -0.05) is 26.7 Å². The van der Waals surface area contributed by atoms with Crippen molar-refractivity contribution in [2.75, 3.05) is 26.4 Å². The average molecular weight is 146 g/mol. The highest BCUT2D eigenvalue weighted by Gasteiger charge is 1.94. The van der Waals surface area contributed by atoms with E-state index < -0.39 is 0 Å². The van der Waals surface area contributed by atoms with Crippen LogP contribution in [0.1, 0.15) is 26.7 Å². The number of hydrogen-bond donors (Lipinski definition) is 0. The Hall–Kier alpha value is -0.0800. The Bertz CT molecular complexity index is 37.7. The van der Waals surface area contributed by atoms with Gasteiger partial charge in [-0.05, 0) is 0 Å². The molecule has 0 N–H and O–H groups in total. The molecule has 2 nitrogen and oxygen atoms in total. The molecule has 1 saturated heterocycles. The topological polar surface area (TPSA) is 18.5 Å². The van der Waals surface area contributed by atoms with Gasteiger partial charge >= 0.3 is 0 Å². The van der Waals surface area contributed by atoms with E-state index in [1.54, 1.807) is 0 Å². The van der Waals surface area contributed by atoms with Gasteiger partial charge in [0.15, 0.2) is 0 Å². The predicted molar refractivity (Wildman–Crippen MR) is 42.2 cm³/mol. The van der Waals surface area contributed by atoms with Gasteiger partial charge in [-0.15, -0.1) is 0 Å². The number of hydrogen-bond acceptors (Lipinski definition) is 2. The number of ether oxygens (including phenoxy) is 2. The van der Waals surface area contributed by atoms with Crippen molar-refractivity contribution in [3.63, 3.8) is 0 Å². The summed E-state index contributed by atoms with van der Waals surface area (Å²) in [5, 5.41) is 0. The first kappa shape index (κ1) is 9.92. The summed E-state index contributed by atoms with van der Waals surface area (Å²) in [4.78, 5) is 0. The summed E-state index contributed by atoms with van der Waals surface area (Å²) >= 11 is 0. The van der Waals surface area contributed by atoms with E-state index in [1.165, 1.54) is 12.8 Å². The molecule has 1 aliphatic rings. The number of rotatable bonds is 1. The Balaban J connectivity index is 0.000000180. The lowest BCUT2D eigenvalue weighted by Crippen LogP contribution is -2.16. The molecule has 1 fully saturated rings.